The molecule has 0 unspecified atom stereocenters. The Hall–Kier alpha value is 0.0644. The molecule has 0 aromatic heterocycles. The summed E-state index contributed by atoms with van der Waals surface area (Å²) in [4.78, 5) is 0. The maximum absolute atomic E-state index is 2.62. The van der Waals surface area contributed by atoms with Crippen molar-refractivity contribution >= 4 is 0 Å². The van der Waals surface area contributed by atoms with Crippen molar-refractivity contribution in [2.75, 3.05) is 0 Å². The molecule has 42 valence electrons. The molecule has 0 N–H and O–H groups in total. The van der Waals surface area contributed by atoms with E-state index in [4.69, 9.17) is 0 Å². The molecular weight excluding hydrogens is 135 g/mol. The van der Waals surface area contributed by atoms with Crippen LogP contribution in [0.15, 0.2) is 21.5 Å². The second kappa shape index (κ2) is 2.12. The average molecular weight is 144 g/mol. The first-order valence-electron chi connectivity index (χ1n) is 2.77. The van der Waals surface area contributed by atoms with Crippen molar-refractivity contribution in [1.82, 2.24) is 0 Å². The maximum atomic E-state index is 2.62. The monoisotopic (exact) mass is 144 g/mol. The molecule has 0 fully saturated rings. The van der Waals surface area contributed by atoms with Crippen molar-refractivity contribution in [2.45, 2.75) is 20.3 Å². The Morgan fingerprint density at radius 3 is 2.25 bits per heavy atom. The van der Waals surface area contributed by atoms with Gasteiger partial charge in [0.05, 0.1) is 0 Å². The molecule has 1 aliphatic carbocycles. The van der Waals surface area contributed by atoms with Gasteiger partial charge in [-0.05, 0) is 0 Å². The van der Waals surface area contributed by atoms with Crippen LogP contribution in [0.2, 0.25) is 0 Å². The van der Waals surface area contributed by atoms with Crippen LogP contribution in [0.1, 0.15) is 20.3 Å². The summed E-state index contributed by atoms with van der Waals surface area (Å²) >= 11 is 2.62. The molecule has 0 aliphatic heterocycles. The van der Waals surface area contributed by atoms with E-state index in [0.29, 0.717) is 0 Å². The standard InChI is InChI=1S/C7H9.V/c1-6-3-4-7(2)5-6;/h3H,4H2,1-2H3;. The second-order valence-electron chi connectivity index (χ2n) is 2.22. The third kappa shape index (κ3) is 0.911. The van der Waals surface area contributed by atoms with Crippen LogP contribution in [0.5, 0.6) is 0 Å². The minimum atomic E-state index is 1.16. The fourth-order valence-electron chi connectivity index (χ4n) is 0.836. The molecule has 1 heteroatoms. The van der Waals surface area contributed by atoms with Crippen LogP contribution < -0.4 is 0 Å². The summed E-state index contributed by atoms with van der Waals surface area (Å²) in [7, 11) is 0. The molecule has 0 spiro atoms. The zero-order valence-corrected chi connectivity index (χ0v) is 6.63. The normalized spacial score (nSPS) is 19.5. The van der Waals surface area contributed by atoms with Gasteiger partial charge >= 0.3 is 59.2 Å². The summed E-state index contributed by atoms with van der Waals surface area (Å²) in [6.07, 6.45) is 3.43. The Morgan fingerprint density at radius 1 is 1.50 bits per heavy atom. The molecule has 1 rings (SSSR count). The summed E-state index contributed by atoms with van der Waals surface area (Å²) in [5.74, 6) is 0. The predicted molar refractivity (Wildman–Crippen MR) is 31.1 cm³/mol. The van der Waals surface area contributed by atoms with Crippen LogP contribution in [0.3, 0.4) is 0 Å². The van der Waals surface area contributed by atoms with Gasteiger partial charge in [0.2, 0.25) is 0 Å². The third-order valence-corrected chi connectivity index (χ3v) is 2.64. The topological polar surface area (TPSA) is 0 Å². The van der Waals surface area contributed by atoms with Crippen LogP contribution >= 0.6 is 0 Å². The molecule has 0 radical (unpaired) electrons. The van der Waals surface area contributed by atoms with Gasteiger partial charge in [-0.15, -0.1) is 0 Å². The van der Waals surface area contributed by atoms with Crippen LogP contribution in [0.25, 0.3) is 0 Å². The molecule has 8 heavy (non-hydrogen) atoms. The quantitative estimate of drug-likeness (QED) is 0.488. The molecule has 0 saturated carbocycles. The van der Waals surface area contributed by atoms with Crippen LogP contribution in [0.4, 0.5) is 0 Å². The van der Waals surface area contributed by atoms with E-state index in [-0.39, 0.29) is 0 Å². The van der Waals surface area contributed by atoms with Gasteiger partial charge in [0.1, 0.15) is 0 Å². The van der Waals surface area contributed by atoms with E-state index < -0.39 is 0 Å². The second-order valence-corrected chi connectivity index (χ2v) is 2.92. The number of hydrogen-bond acceptors (Lipinski definition) is 0. The minimum absolute atomic E-state index is 1.16. The molecule has 0 amide bonds. The Balaban J connectivity index is 2.88. The van der Waals surface area contributed by atoms with Crippen molar-refractivity contribution in [1.29, 1.82) is 0 Å². The molecule has 0 aromatic carbocycles. The zero-order chi connectivity index (χ0) is 6.15. The summed E-state index contributed by atoms with van der Waals surface area (Å²) in [5.41, 5.74) is 2.94. The van der Waals surface area contributed by atoms with Crippen molar-refractivity contribution in [3.05, 3.63) is 21.5 Å². The first kappa shape index (κ1) is 6.19. The van der Waals surface area contributed by atoms with Gasteiger partial charge in [-0.1, -0.05) is 0 Å². The average Bonchev–Trinajstić information content (AvgIpc) is 1.98. The molecular formula is C7H9V. The van der Waals surface area contributed by atoms with Crippen molar-refractivity contribution in [3.8, 4) is 0 Å². The number of allylic oxidation sites excluding steroid dienone is 4. The van der Waals surface area contributed by atoms with Crippen molar-refractivity contribution < 1.29 is 17.4 Å². The van der Waals surface area contributed by atoms with Gasteiger partial charge < -0.3 is 0 Å². The molecule has 0 heterocycles. The van der Waals surface area contributed by atoms with E-state index in [2.05, 4.69) is 37.3 Å². The Labute approximate surface area is 59.6 Å². The van der Waals surface area contributed by atoms with Gasteiger partial charge in [-0.3, -0.25) is 0 Å². The van der Waals surface area contributed by atoms with Crippen molar-refractivity contribution in [2.24, 2.45) is 0 Å². The summed E-state index contributed by atoms with van der Waals surface area (Å²) in [6.45, 7) is 4.34. The van der Waals surface area contributed by atoms with Crippen LogP contribution in [-0.4, -0.2) is 0 Å². The summed E-state index contributed by atoms with van der Waals surface area (Å²) < 4.78 is 1.43. The molecule has 0 saturated heterocycles. The Kier molecular flexibility index (Phi) is 1.64. The molecule has 0 aromatic rings. The first-order chi connectivity index (χ1) is 3.72. The van der Waals surface area contributed by atoms with Crippen LogP contribution in [-0.2, 0) is 17.4 Å². The fraction of sp³-hybridized carbons (Fsp3) is 0.429. The van der Waals surface area contributed by atoms with Gasteiger partial charge in [-0.25, -0.2) is 0 Å². The van der Waals surface area contributed by atoms with Crippen molar-refractivity contribution in [3.63, 3.8) is 0 Å². The van der Waals surface area contributed by atoms with E-state index in [0.717, 1.165) is 6.42 Å². The van der Waals surface area contributed by atoms with Gasteiger partial charge in [0.15, 0.2) is 0 Å². The van der Waals surface area contributed by atoms with E-state index in [1.807, 2.05) is 0 Å². The molecule has 0 bridgehead atoms. The summed E-state index contributed by atoms with van der Waals surface area (Å²) in [6, 6.07) is 0. The number of rotatable bonds is 0. The first-order valence-corrected chi connectivity index (χ1v) is 3.47. The number of hydrogen-bond donors (Lipinski definition) is 0. The Morgan fingerprint density at radius 2 is 2.12 bits per heavy atom. The zero-order valence-electron chi connectivity index (χ0n) is 5.23. The van der Waals surface area contributed by atoms with Gasteiger partial charge in [0, 0.05) is 0 Å². The molecule has 1 aliphatic rings. The summed E-state index contributed by atoms with van der Waals surface area (Å²) in [5, 5.41) is 0. The predicted octanol–water partition coefficient (Wildman–Crippen LogP) is 2.16. The van der Waals surface area contributed by atoms with E-state index in [1.54, 1.807) is 0 Å². The van der Waals surface area contributed by atoms with E-state index >= 15 is 0 Å². The van der Waals surface area contributed by atoms with Crippen LogP contribution in [0, 0.1) is 0 Å². The molecule has 0 atom stereocenters. The SMILES string of the molecule is CC1=CCC(C)=[C]1[V]. The third-order valence-electron chi connectivity index (χ3n) is 1.49. The van der Waals surface area contributed by atoms with Gasteiger partial charge in [0.25, 0.3) is 0 Å². The fourth-order valence-corrected chi connectivity index (χ4v) is 1.12. The van der Waals surface area contributed by atoms with E-state index in [1.165, 1.54) is 15.4 Å². The molecule has 0 nitrogen and oxygen atoms in total. The van der Waals surface area contributed by atoms with E-state index in [9.17, 15) is 0 Å². The van der Waals surface area contributed by atoms with Gasteiger partial charge in [-0.2, -0.15) is 0 Å². The Bertz CT molecular complexity index is 158.